The van der Waals surface area contributed by atoms with Crippen molar-refractivity contribution in [1.82, 2.24) is 4.90 Å². The number of thiocarbonyl (C=S) groups is 1. The van der Waals surface area contributed by atoms with Gasteiger partial charge in [0.25, 0.3) is 11.8 Å². The highest BCUT2D eigenvalue weighted by Gasteiger charge is 2.44. The summed E-state index contributed by atoms with van der Waals surface area (Å²) in [6, 6.07) is 13.3. The van der Waals surface area contributed by atoms with Gasteiger partial charge in [0.1, 0.15) is 10.9 Å². The number of fused-ring (bicyclic) bond motifs is 1. The molecule has 0 atom stereocenters. The van der Waals surface area contributed by atoms with Crippen molar-refractivity contribution in [3.8, 4) is 0 Å². The highest BCUT2D eigenvalue weighted by Crippen LogP contribution is 2.46. The lowest BCUT2D eigenvalue weighted by atomic mass is 10.1. The summed E-state index contributed by atoms with van der Waals surface area (Å²) in [5.74, 6) is -0.831. The molecule has 1 saturated heterocycles. The Morgan fingerprint density at radius 1 is 1.09 bits per heavy atom. The highest BCUT2D eigenvalue weighted by atomic mass is 32.2. The first-order chi connectivity index (χ1) is 16.3. The average Bonchev–Trinajstić information content (AvgIpc) is 3.49. The monoisotopic (exact) mass is 491 g/mol. The van der Waals surface area contributed by atoms with Crippen LogP contribution in [0.2, 0.25) is 0 Å². The van der Waals surface area contributed by atoms with Crippen LogP contribution in [0.15, 0.2) is 47.4 Å². The van der Waals surface area contributed by atoms with Crippen LogP contribution < -0.4 is 10.2 Å². The first-order valence-electron chi connectivity index (χ1n) is 11.4. The van der Waals surface area contributed by atoms with Gasteiger partial charge in [-0.25, -0.2) is 0 Å². The van der Waals surface area contributed by atoms with E-state index in [0.29, 0.717) is 26.0 Å². The number of aryl methyl sites for hydroxylation is 2. The number of para-hydroxylation sites is 1. The van der Waals surface area contributed by atoms with Crippen LogP contribution in [0, 0.1) is 13.8 Å². The number of nitrogens with one attached hydrogen (secondary N) is 1. The molecule has 2 aliphatic heterocycles. The summed E-state index contributed by atoms with van der Waals surface area (Å²) in [5, 5.41) is 2.92. The van der Waals surface area contributed by atoms with Crippen molar-refractivity contribution < 1.29 is 14.4 Å². The van der Waals surface area contributed by atoms with E-state index in [1.165, 1.54) is 16.7 Å². The molecule has 2 aromatic rings. The standard InChI is InChI=1S/C26H25N3O3S2/c1-15-11-12-16(2)19(13-15)27-21(30)14-28-20-10-6-5-9-18(20)22(24(28)31)23-25(32)29(26(33)34-23)17-7-3-4-8-17/h5-6,9-13,17H,3-4,7-8,14H2,1-2H3,(H,27,30). The molecule has 0 aromatic heterocycles. The molecule has 0 spiro atoms. The summed E-state index contributed by atoms with van der Waals surface area (Å²) >= 11 is 6.74. The Hall–Kier alpha value is -2.97. The lowest BCUT2D eigenvalue weighted by Gasteiger charge is -2.22. The molecule has 2 fully saturated rings. The first kappa shape index (κ1) is 22.8. The van der Waals surface area contributed by atoms with Gasteiger partial charge in [-0.05, 0) is 49.9 Å². The molecule has 1 N–H and O–H groups in total. The molecular weight excluding hydrogens is 466 g/mol. The second-order valence-electron chi connectivity index (χ2n) is 8.96. The van der Waals surface area contributed by atoms with Crippen LogP contribution in [0.4, 0.5) is 11.4 Å². The SMILES string of the molecule is Cc1ccc(C)c(NC(=O)CN2C(=O)C(=C3SC(=S)N(C4CCCC4)C3=O)c3ccccc32)c1. The molecule has 3 aliphatic rings. The van der Waals surface area contributed by atoms with E-state index in [4.69, 9.17) is 12.2 Å². The second-order valence-corrected chi connectivity index (χ2v) is 10.6. The minimum Gasteiger partial charge on any atom is -0.324 e. The third-order valence-electron chi connectivity index (χ3n) is 6.61. The average molecular weight is 492 g/mol. The number of nitrogens with zero attached hydrogens (tertiary/aromatic N) is 2. The van der Waals surface area contributed by atoms with E-state index in [0.717, 1.165) is 42.5 Å². The van der Waals surface area contributed by atoms with Crippen molar-refractivity contribution >= 4 is 63.0 Å². The van der Waals surface area contributed by atoms with Crippen molar-refractivity contribution in [3.05, 3.63) is 64.1 Å². The Balaban J connectivity index is 1.45. The van der Waals surface area contributed by atoms with Crippen LogP contribution in [-0.4, -0.2) is 39.5 Å². The highest BCUT2D eigenvalue weighted by molar-refractivity contribution is 8.26. The van der Waals surface area contributed by atoms with Gasteiger partial charge in [0.05, 0.1) is 16.2 Å². The lowest BCUT2D eigenvalue weighted by molar-refractivity contribution is -0.123. The summed E-state index contributed by atoms with van der Waals surface area (Å²) in [4.78, 5) is 43.4. The van der Waals surface area contributed by atoms with E-state index in [-0.39, 0.29) is 30.3 Å². The Bertz CT molecular complexity index is 1260. The van der Waals surface area contributed by atoms with E-state index >= 15 is 0 Å². The Labute approximate surface area is 208 Å². The van der Waals surface area contributed by atoms with Crippen LogP contribution >= 0.6 is 24.0 Å². The van der Waals surface area contributed by atoms with Crippen LogP contribution in [0.5, 0.6) is 0 Å². The van der Waals surface area contributed by atoms with Crippen LogP contribution in [0.1, 0.15) is 42.4 Å². The van der Waals surface area contributed by atoms with Gasteiger partial charge >= 0.3 is 0 Å². The predicted octanol–water partition coefficient (Wildman–Crippen LogP) is 4.80. The summed E-state index contributed by atoms with van der Waals surface area (Å²) in [6.07, 6.45) is 4.03. The number of anilines is 2. The van der Waals surface area contributed by atoms with Gasteiger partial charge in [0.15, 0.2) is 0 Å². The van der Waals surface area contributed by atoms with Gasteiger partial charge in [-0.15, -0.1) is 0 Å². The van der Waals surface area contributed by atoms with Gasteiger partial charge in [-0.1, -0.05) is 67.2 Å². The number of amides is 3. The van der Waals surface area contributed by atoms with Gasteiger partial charge in [-0.3, -0.25) is 24.2 Å². The second kappa shape index (κ2) is 9.00. The summed E-state index contributed by atoms with van der Waals surface area (Å²) in [5.41, 5.74) is 4.35. The molecule has 2 aromatic carbocycles. The van der Waals surface area contributed by atoms with Crippen molar-refractivity contribution in [2.45, 2.75) is 45.6 Å². The number of thioether (sulfide) groups is 1. The summed E-state index contributed by atoms with van der Waals surface area (Å²) in [7, 11) is 0. The molecule has 8 heteroatoms. The van der Waals surface area contributed by atoms with Crippen LogP contribution in [0.3, 0.4) is 0 Å². The van der Waals surface area contributed by atoms with Crippen LogP contribution in [-0.2, 0) is 14.4 Å². The normalized spacial score (nSPS) is 20.5. The minimum atomic E-state index is -0.343. The van der Waals surface area contributed by atoms with E-state index in [1.807, 2.05) is 56.3 Å². The largest absolute Gasteiger partial charge is 0.324 e. The molecule has 3 amide bonds. The van der Waals surface area contributed by atoms with Crippen LogP contribution in [0.25, 0.3) is 5.57 Å². The number of carbonyl (C=O) groups excluding carboxylic acids is 3. The zero-order valence-electron chi connectivity index (χ0n) is 19.1. The first-order valence-corrected chi connectivity index (χ1v) is 12.7. The molecule has 5 rings (SSSR count). The fourth-order valence-corrected chi connectivity index (χ4v) is 6.34. The third-order valence-corrected chi connectivity index (χ3v) is 8.01. The topological polar surface area (TPSA) is 69.7 Å². The maximum Gasteiger partial charge on any atom is 0.267 e. The van der Waals surface area contributed by atoms with Crippen molar-refractivity contribution in [2.75, 3.05) is 16.8 Å². The predicted molar refractivity (Wildman–Crippen MR) is 140 cm³/mol. The van der Waals surface area contributed by atoms with E-state index < -0.39 is 0 Å². The summed E-state index contributed by atoms with van der Waals surface area (Å²) < 4.78 is 0.510. The fourth-order valence-electron chi connectivity index (χ4n) is 4.87. The van der Waals surface area contributed by atoms with Gasteiger partial charge in [0.2, 0.25) is 5.91 Å². The molecule has 0 radical (unpaired) electrons. The zero-order chi connectivity index (χ0) is 24.0. The molecule has 34 heavy (non-hydrogen) atoms. The molecule has 174 valence electrons. The van der Waals surface area contributed by atoms with E-state index in [1.54, 1.807) is 4.90 Å². The number of benzene rings is 2. The number of carbonyl (C=O) groups is 3. The molecular formula is C26H25N3O3S2. The number of rotatable bonds is 4. The fraction of sp³-hybridized carbons (Fsp3) is 0.308. The summed E-state index contributed by atoms with van der Waals surface area (Å²) in [6.45, 7) is 3.74. The molecule has 0 unspecified atom stereocenters. The van der Waals surface area contributed by atoms with E-state index in [9.17, 15) is 14.4 Å². The molecule has 1 saturated carbocycles. The lowest BCUT2D eigenvalue weighted by Crippen LogP contribution is -2.37. The Morgan fingerprint density at radius 2 is 1.82 bits per heavy atom. The number of hydrogen-bond acceptors (Lipinski definition) is 5. The molecule has 6 nitrogen and oxygen atoms in total. The third kappa shape index (κ3) is 3.95. The zero-order valence-corrected chi connectivity index (χ0v) is 20.7. The maximum absolute atomic E-state index is 13.6. The van der Waals surface area contributed by atoms with Crippen molar-refractivity contribution in [1.29, 1.82) is 0 Å². The van der Waals surface area contributed by atoms with Gasteiger partial charge < -0.3 is 5.32 Å². The number of hydrogen-bond donors (Lipinski definition) is 1. The van der Waals surface area contributed by atoms with E-state index in [2.05, 4.69) is 5.32 Å². The quantitative estimate of drug-likeness (QED) is 0.491. The smallest absolute Gasteiger partial charge is 0.267 e. The molecule has 0 bridgehead atoms. The Kier molecular flexibility index (Phi) is 6.04. The minimum absolute atomic E-state index is 0.108. The molecule has 1 aliphatic carbocycles. The van der Waals surface area contributed by atoms with Crippen molar-refractivity contribution in [2.24, 2.45) is 0 Å². The molecule has 2 heterocycles. The maximum atomic E-state index is 13.6. The van der Waals surface area contributed by atoms with Gasteiger partial charge in [-0.2, -0.15) is 0 Å². The van der Waals surface area contributed by atoms with Gasteiger partial charge in [0, 0.05) is 17.3 Å². The van der Waals surface area contributed by atoms with Crippen molar-refractivity contribution in [3.63, 3.8) is 0 Å². The Morgan fingerprint density at radius 3 is 2.59 bits per heavy atom.